The summed E-state index contributed by atoms with van der Waals surface area (Å²) in [4.78, 5) is 0. The molecule has 0 aliphatic rings. The molecule has 2 aromatic rings. The van der Waals surface area contributed by atoms with Crippen molar-refractivity contribution in [3.8, 4) is 0 Å². The molecule has 3 nitrogen and oxygen atoms in total. The molecular weight excluding hydrogens is 234 g/mol. The molecule has 0 unspecified atom stereocenters. The largest absolute Gasteiger partial charge is 0.381 e. The Morgan fingerprint density at radius 1 is 1.21 bits per heavy atom. The van der Waals surface area contributed by atoms with Gasteiger partial charge in [0.25, 0.3) is 0 Å². The normalized spacial score (nSPS) is 11.0. The van der Waals surface area contributed by atoms with E-state index in [1.165, 1.54) is 11.1 Å². The van der Waals surface area contributed by atoms with Crippen LogP contribution < -0.4 is 5.32 Å². The molecule has 1 aromatic carbocycles. The van der Waals surface area contributed by atoms with Crippen LogP contribution in [0.25, 0.3) is 0 Å². The summed E-state index contributed by atoms with van der Waals surface area (Å²) in [5, 5.41) is 7.91. The third-order valence-electron chi connectivity index (χ3n) is 3.43. The molecule has 0 aliphatic carbocycles. The fourth-order valence-corrected chi connectivity index (χ4v) is 2.08. The lowest BCUT2D eigenvalue weighted by atomic mass is 10.0. The van der Waals surface area contributed by atoms with Crippen molar-refractivity contribution in [3.05, 3.63) is 47.3 Å². The van der Waals surface area contributed by atoms with Crippen molar-refractivity contribution in [2.24, 2.45) is 0 Å². The quantitative estimate of drug-likeness (QED) is 0.879. The third-order valence-corrected chi connectivity index (χ3v) is 3.43. The molecule has 2 rings (SSSR count). The molecule has 0 saturated heterocycles. The molecule has 0 fully saturated rings. The van der Waals surface area contributed by atoms with Gasteiger partial charge in [-0.15, -0.1) is 0 Å². The Kier molecular flexibility index (Phi) is 4.25. The molecule has 0 saturated carbocycles. The Balaban J connectivity index is 1.99. The van der Waals surface area contributed by atoms with Crippen LogP contribution in [0.4, 0.5) is 5.69 Å². The first-order chi connectivity index (χ1) is 9.10. The predicted octanol–water partition coefficient (Wildman–Crippen LogP) is 3.95. The van der Waals surface area contributed by atoms with Gasteiger partial charge in [0.1, 0.15) is 0 Å². The first-order valence-corrected chi connectivity index (χ1v) is 6.97. The molecule has 1 N–H and O–H groups in total. The van der Waals surface area contributed by atoms with Crippen LogP contribution in [0, 0.1) is 6.92 Å². The van der Waals surface area contributed by atoms with Crippen LogP contribution in [-0.4, -0.2) is 9.78 Å². The summed E-state index contributed by atoms with van der Waals surface area (Å²) in [6.45, 7) is 10.3. The van der Waals surface area contributed by atoms with Crippen molar-refractivity contribution in [1.82, 2.24) is 9.78 Å². The van der Waals surface area contributed by atoms with Crippen LogP contribution in [0.15, 0.2) is 30.5 Å². The summed E-state index contributed by atoms with van der Waals surface area (Å²) in [5.41, 5.74) is 4.90. The highest BCUT2D eigenvalue weighted by atomic mass is 15.3. The second kappa shape index (κ2) is 5.91. The van der Waals surface area contributed by atoms with Crippen LogP contribution in [0.3, 0.4) is 0 Å². The van der Waals surface area contributed by atoms with Crippen molar-refractivity contribution in [3.63, 3.8) is 0 Å². The second-order valence-electron chi connectivity index (χ2n) is 5.23. The third kappa shape index (κ3) is 3.37. The standard InChI is InChI=1S/C16H23N3/c1-5-19-11-15(13(4)18-19)10-17-16-8-6-14(7-9-16)12(2)3/h6-9,11-12,17H,5,10H2,1-4H3. The number of aryl methyl sites for hydroxylation is 2. The number of rotatable bonds is 5. The Bertz CT molecular complexity index is 523. The van der Waals surface area contributed by atoms with Gasteiger partial charge in [0.2, 0.25) is 0 Å². The molecule has 19 heavy (non-hydrogen) atoms. The zero-order valence-corrected chi connectivity index (χ0v) is 12.3. The maximum Gasteiger partial charge on any atom is 0.0643 e. The fraction of sp³-hybridized carbons (Fsp3) is 0.438. The lowest BCUT2D eigenvalue weighted by Gasteiger charge is -2.08. The van der Waals surface area contributed by atoms with Crippen LogP contribution in [0.1, 0.15) is 43.5 Å². The maximum atomic E-state index is 4.46. The lowest BCUT2D eigenvalue weighted by Crippen LogP contribution is -2.00. The van der Waals surface area contributed by atoms with E-state index in [1.54, 1.807) is 0 Å². The molecular formula is C16H23N3. The van der Waals surface area contributed by atoms with E-state index in [1.807, 2.05) is 4.68 Å². The monoisotopic (exact) mass is 257 g/mol. The van der Waals surface area contributed by atoms with Gasteiger partial charge in [-0.1, -0.05) is 26.0 Å². The Morgan fingerprint density at radius 2 is 1.89 bits per heavy atom. The van der Waals surface area contributed by atoms with E-state index in [0.717, 1.165) is 24.5 Å². The predicted molar refractivity (Wildman–Crippen MR) is 80.5 cm³/mol. The molecule has 0 bridgehead atoms. The van der Waals surface area contributed by atoms with Gasteiger partial charge in [0, 0.05) is 30.5 Å². The van der Waals surface area contributed by atoms with E-state index in [0.29, 0.717) is 5.92 Å². The minimum Gasteiger partial charge on any atom is -0.381 e. The van der Waals surface area contributed by atoms with Gasteiger partial charge >= 0.3 is 0 Å². The molecule has 0 amide bonds. The van der Waals surface area contributed by atoms with E-state index >= 15 is 0 Å². The second-order valence-corrected chi connectivity index (χ2v) is 5.23. The van der Waals surface area contributed by atoms with Crippen LogP contribution in [0.5, 0.6) is 0 Å². The van der Waals surface area contributed by atoms with E-state index in [-0.39, 0.29) is 0 Å². The molecule has 0 radical (unpaired) electrons. The number of aromatic nitrogens is 2. The minimum absolute atomic E-state index is 0.582. The van der Waals surface area contributed by atoms with Gasteiger partial charge in [-0.2, -0.15) is 5.10 Å². The summed E-state index contributed by atoms with van der Waals surface area (Å²) < 4.78 is 1.98. The van der Waals surface area contributed by atoms with Crippen molar-refractivity contribution >= 4 is 5.69 Å². The number of hydrogen-bond acceptors (Lipinski definition) is 2. The number of hydrogen-bond donors (Lipinski definition) is 1. The van der Waals surface area contributed by atoms with E-state index < -0.39 is 0 Å². The van der Waals surface area contributed by atoms with E-state index in [2.05, 4.69) is 68.6 Å². The fourth-order valence-electron chi connectivity index (χ4n) is 2.08. The van der Waals surface area contributed by atoms with Crippen molar-refractivity contribution in [1.29, 1.82) is 0 Å². The zero-order valence-electron chi connectivity index (χ0n) is 12.3. The summed E-state index contributed by atoms with van der Waals surface area (Å²) in [6.07, 6.45) is 2.12. The van der Waals surface area contributed by atoms with Crippen molar-refractivity contribution in [2.75, 3.05) is 5.32 Å². The average Bonchev–Trinajstić information content (AvgIpc) is 2.77. The lowest BCUT2D eigenvalue weighted by molar-refractivity contribution is 0.653. The Labute approximate surface area is 115 Å². The van der Waals surface area contributed by atoms with Gasteiger partial charge < -0.3 is 5.32 Å². The van der Waals surface area contributed by atoms with Crippen LogP contribution >= 0.6 is 0 Å². The zero-order chi connectivity index (χ0) is 13.8. The summed E-state index contributed by atoms with van der Waals surface area (Å²) in [6, 6.07) is 8.68. The Hall–Kier alpha value is -1.77. The highest BCUT2D eigenvalue weighted by Gasteiger charge is 2.04. The van der Waals surface area contributed by atoms with Gasteiger partial charge in [0.15, 0.2) is 0 Å². The minimum atomic E-state index is 0.582. The van der Waals surface area contributed by atoms with Crippen LogP contribution in [-0.2, 0) is 13.1 Å². The molecule has 0 atom stereocenters. The molecule has 1 aromatic heterocycles. The summed E-state index contributed by atoms with van der Waals surface area (Å²) in [7, 11) is 0. The van der Waals surface area contributed by atoms with Gasteiger partial charge in [-0.3, -0.25) is 4.68 Å². The SMILES string of the molecule is CCn1cc(CNc2ccc(C(C)C)cc2)c(C)n1. The molecule has 0 spiro atoms. The van der Waals surface area contributed by atoms with Crippen molar-refractivity contribution < 1.29 is 0 Å². The maximum absolute atomic E-state index is 4.46. The number of anilines is 1. The van der Waals surface area contributed by atoms with Gasteiger partial charge in [-0.05, 0) is 37.5 Å². The first kappa shape index (κ1) is 13.7. The molecule has 1 heterocycles. The van der Waals surface area contributed by atoms with E-state index in [9.17, 15) is 0 Å². The van der Waals surface area contributed by atoms with E-state index in [4.69, 9.17) is 0 Å². The highest BCUT2D eigenvalue weighted by molar-refractivity contribution is 5.45. The van der Waals surface area contributed by atoms with Crippen LogP contribution in [0.2, 0.25) is 0 Å². The molecule has 3 heteroatoms. The highest BCUT2D eigenvalue weighted by Crippen LogP contribution is 2.18. The smallest absolute Gasteiger partial charge is 0.0643 e. The average molecular weight is 257 g/mol. The number of benzene rings is 1. The summed E-state index contributed by atoms with van der Waals surface area (Å²) >= 11 is 0. The molecule has 0 aliphatic heterocycles. The topological polar surface area (TPSA) is 29.9 Å². The Morgan fingerprint density at radius 3 is 2.42 bits per heavy atom. The van der Waals surface area contributed by atoms with Gasteiger partial charge in [-0.25, -0.2) is 0 Å². The number of nitrogens with one attached hydrogen (secondary N) is 1. The molecule has 102 valence electrons. The number of nitrogens with zero attached hydrogens (tertiary/aromatic N) is 2. The van der Waals surface area contributed by atoms with Gasteiger partial charge in [0.05, 0.1) is 5.69 Å². The van der Waals surface area contributed by atoms with Crippen molar-refractivity contribution in [2.45, 2.75) is 46.7 Å². The summed E-state index contributed by atoms with van der Waals surface area (Å²) in [5.74, 6) is 0.582. The first-order valence-electron chi connectivity index (χ1n) is 6.97.